The lowest BCUT2D eigenvalue weighted by Gasteiger charge is -2.26. The van der Waals surface area contributed by atoms with Gasteiger partial charge in [-0.25, -0.2) is 17.9 Å². The van der Waals surface area contributed by atoms with E-state index in [-0.39, 0.29) is 9.77 Å². The lowest BCUT2D eigenvalue weighted by Crippen LogP contribution is -2.33. The van der Waals surface area contributed by atoms with Crippen LogP contribution in [0.4, 0.5) is 0 Å². The summed E-state index contributed by atoms with van der Waals surface area (Å²) in [6, 6.07) is 1.33. The van der Waals surface area contributed by atoms with Gasteiger partial charge in [0.25, 0.3) is 0 Å². The van der Waals surface area contributed by atoms with E-state index in [0.717, 1.165) is 37.4 Å². The number of sulfonamides is 1. The van der Waals surface area contributed by atoms with Crippen LogP contribution in [0, 0.1) is 0 Å². The summed E-state index contributed by atoms with van der Waals surface area (Å²) in [7, 11) is -3.73. The largest absolute Gasteiger partial charge is 0.477 e. The van der Waals surface area contributed by atoms with Crippen LogP contribution in [0.15, 0.2) is 16.3 Å². The molecule has 0 bridgehead atoms. The molecule has 0 saturated carbocycles. The molecular weight excluding hydrogens is 312 g/mol. The molecule has 6 nitrogen and oxygen atoms in total. The van der Waals surface area contributed by atoms with Crippen LogP contribution in [0.5, 0.6) is 0 Å². The molecule has 2 heterocycles. The Hall–Kier alpha value is -0.960. The number of carboxylic acids is 1. The number of carbonyl (C=O) groups is 1. The standard InChI is InChI=1S/C13H20N2O4S2/c16-13(17)12-11(5-10-20-12)21(18,19)14-6-4-9-15-7-2-1-3-8-15/h5,10,14H,1-4,6-9H2,(H,16,17). The maximum atomic E-state index is 12.1. The average Bonchev–Trinajstić information content (AvgIpc) is 2.95. The number of hydrogen-bond donors (Lipinski definition) is 2. The molecular formula is C13H20N2O4S2. The predicted molar refractivity (Wildman–Crippen MR) is 81.4 cm³/mol. The molecule has 1 aliphatic rings. The number of nitrogens with one attached hydrogen (secondary N) is 1. The van der Waals surface area contributed by atoms with Crippen molar-refractivity contribution in [3.63, 3.8) is 0 Å². The Kier molecular flexibility index (Phi) is 5.74. The van der Waals surface area contributed by atoms with Gasteiger partial charge < -0.3 is 10.0 Å². The minimum Gasteiger partial charge on any atom is -0.477 e. The zero-order valence-corrected chi connectivity index (χ0v) is 13.4. The number of aromatic carboxylic acids is 1. The Labute approximate surface area is 128 Å². The first-order chi connectivity index (χ1) is 10.0. The van der Waals surface area contributed by atoms with Gasteiger partial charge in [0.2, 0.25) is 10.0 Å². The molecule has 21 heavy (non-hydrogen) atoms. The van der Waals surface area contributed by atoms with Crippen molar-refractivity contribution in [3.8, 4) is 0 Å². The van der Waals surface area contributed by atoms with Gasteiger partial charge in [0.15, 0.2) is 0 Å². The van der Waals surface area contributed by atoms with Crippen molar-refractivity contribution in [1.29, 1.82) is 0 Å². The van der Waals surface area contributed by atoms with E-state index in [1.54, 1.807) is 0 Å². The molecule has 8 heteroatoms. The number of rotatable bonds is 7. The Morgan fingerprint density at radius 3 is 2.71 bits per heavy atom. The maximum absolute atomic E-state index is 12.1. The summed E-state index contributed by atoms with van der Waals surface area (Å²) >= 11 is 0.920. The summed E-state index contributed by atoms with van der Waals surface area (Å²) in [5.41, 5.74) is 0. The lowest BCUT2D eigenvalue weighted by molar-refractivity contribution is 0.0698. The van der Waals surface area contributed by atoms with Gasteiger partial charge in [-0.05, 0) is 50.3 Å². The summed E-state index contributed by atoms with van der Waals surface area (Å²) in [6.45, 7) is 3.37. The van der Waals surface area contributed by atoms with E-state index in [4.69, 9.17) is 5.11 Å². The third-order valence-corrected chi connectivity index (χ3v) is 6.04. The van der Waals surface area contributed by atoms with Crippen molar-refractivity contribution in [2.75, 3.05) is 26.2 Å². The quantitative estimate of drug-likeness (QED) is 0.741. The van der Waals surface area contributed by atoms with Crippen LogP contribution in [0.1, 0.15) is 35.4 Å². The van der Waals surface area contributed by atoms with Gasteiger partial charge >= 0.3 is 5.97 Å². The maximum Gasteiger partial charge on any atom is 0.347 e. The van der Waals surface area contributed by atoms with Crippen molar-refractivity contribution in [3.05, 3.63) is 16.3 Å². The number of thiophene rings is 1. The summed E-state index contributed by atoms with van der Waals surface area (Å²) < 4.78 is 26.7. The predicted octanol–water partition coefficient (Wildman–Crippen LogP) is 1.60. The highest BCUT2D eigenvalue weighted by atomic mass is 32.2. The smallest absolute Gasteiger partial charge is 0.347 e. The first-order valence-electron chi connectivity index (χ1n) is 7.03. The monoisotopic (exact) mass is 332 g/mol. The molecule has 1 saturated heterocycles. The van der Waals surface area contributed by atoms with Crippen molar-refractivity contribution >= 4 is 27.3 Å². The van der Waals surface area contributed by atoms with E-state index in [0.29, 0.717) is 6.54 Å². The van der Waals surface area contributed by atoms with Crippen molar-refractivity contribution in [1.82, 2.24) is 9.62 Å². The van der Waals surface area contributed by atoms with Crippen LogP contribution >= 0.6 is 11.3 Å². The number of likely N-dealkylation sites (tertiary alicyclic amines) is 1. The van der Waals surface area contributed by atoms with Gasteiger partial charge in [0.05, 0.1) is 0 Å². The number of nitrogens with zero attached hydrogens (tertiary/aromatic N) is 1. The molecule has 0 unspecified atom stereocenters. The zero-order chi connectivity index (χ0) is 15.3. The fourth-order valence-corrected chi connectivity index (χ4v) is 4.77. The Balaban J connectivity index is 1.83. The summed E-state index contributed by atoms with van der Waals surface area (Å²) in [5.74, 6) is -1.21. The van der Waals surface area contributed by atoms with Crippen molar-refractivity contribution < 1.29 is 18.3 Å². The highest BCUT2D eigenvalue weighted by Gasteiger charge is 2.23. The molecule has 0 radical (unpaired) electrons. The average molecular weight is 332 g/mol. The minimum absolute atomic E-state index is 0.140. The highest BCUT2D eigenvalue weighted by molar-refractivity contribution is 7.89. The third-order valence-electron chi connectivity index (χ3n) is 3.50. The highest BCUT2D eigenvalue weighted by Crippen LogP contribution is 2.21. The normalized spacial score (nSPS) is 17.0. The third kappa shape index (κ3) is 4.50. The molecule has 1 aliphatic heterocycles. The second-order valence-electron chi connectivity index (χ2n) is 5.07. The Bertz CT molecular complexity index is 577. The summed E-state index contributed by atoms with van der Waals surface area (Å²) in [6.07, 6.45) is 4.43. The van der Waals surface area contributed by atoms with Crippen LogP contribution < -0.4 is 4.72 Å². The zero-order valence-electron chi connectivity index (χ0n) is 11.7. The molecule has 118 valence electrons. The molecule has 1 fully saturated rings. The molecule has 2 rings (SSSR count). The number of hydrogen-bond acceptors (Lipinski definition) is 5. The van der Waals surface area contributed by atoms with Gasteiger partial charge in [-0.3, -0.25) is 0 Å². The molecule has 1 aromatic rings. The second-order valence-corrected chi connectivity index (χ2v) is 7.72. The van der Waals surface area contributed by atoms with Crippen molar-refractivity contribution in [2.45, 2.75) is 30.6 Å². The molecule has 0 aliphatic carbocycles. The fraction of sp³-hybridized carbons (Fsp3) is 0.615. The van der Waals surface area contributed by atoms with E-state index in [1.165, 1.54) is 30.7 Å². The minimum atomic E-state index is -3.73. The van der Waals surface area contributed by atoms with Gasteiger partial charge in [-0.2, -0.15) is 0 Å². The Morgan fingerprint density at radius 1 is 1.33 bits per heavy atom. The van der Waals surface area contributed by atoms with E-state index in [1.807, 2.05) is 0 Å². The SMILES string of the molecule is O=C(O)c1sccc1S(=O)(=O)NCCCN1CCCCC1. The molecule has 1 aromatic heterocycles. The topological polar surface area (TPSA) is 86.7 Å². The van der Waals surface area contributed by atoms with Crippen molar-refractivity contribution in [2.24, 2.45) is 0 Å². The van der Waals surface area contributed by atoms with Crippen LogP contribution in [0.25, 0.3) is 0 Å². The Morgan fingerprint density at radius 2 is 2.05 bits per heavy atom. The van der Waals surface area contributed by atoms with Crippen LogP contribution in [0.3, 0.4) is 0 Å². The van der Waals surface area contributed by atoms with E-state index >= 15 is 0 Å². The lowest BCUT2D eigenvalue weighted by atomic mass is 10.1. The molecule has 0 amide bonds. The number of piperidine rings is 1. The fourth-order valence-electron chi connectivity index (χ4n) is 2.43. The van der Waals surface area contributed by atoms with Crippen LogP contribution in [0.2, 0.25) is 0 Å². The van der Waals surface area contributed by atoms with Crippen LogP contribution in [-0.2, 0) is 10.0 Å². The van der Waals surface area contributed by atoms with Crippen LogP contribution in [-0.4, -0.2) is 50.6 Å². The molecule has 2 N–H and O–H groups in total. The van der Waals surface area contributed by atoms with E-state index in [2.05, 4.69) is 9.62 Å². The first kappa shape index (κ1) is 16.4. The van der Waals surface area contributed by atoms with Gasteiger partial charge in [0.1, 0.15) is 9.77 Å². The summed E-state index contributed by atoms with van der Waals surface area (Å²) in [4.78, 5) is 13.0. The number of carboxylic acid groups (broad SMARTS) is 1. The summed E-state index contributed by atoms with van der Waals surface area (Å²) in [5, 5.41) is 10.4. The van der Waals surface area contributed by atoms with E-state index < -0.39 is 16.0 Å². The van der Waals surface area contributed by atoms with Gasteiger partial charge in [-0.1, -0.05) is 6.42 Å². The van der Waals surface area contributed by atoms with Gasteiger partial charge in [-0.15, -0.1) is 11.3 Å². The molecule has 0 atom stereocenters. The molecule has 0 spiro atoms. The second kappa shape index (κ2) is 7.35. The van der Waals surface area contributed by atoms with E-state index in [9.17, 15) is 13.2 Å². The van der Waals surface area contributed by atoms with Gasteiger partial charge in [0, 0.05) is 6.54 Å². The molecule has 0 aromatic carbocycles. The first-order valence-corrected chi connectivity index (χ1v) is 9.40.